The van der Waals surface area contributed by atoms with Gasteiger partial charge in [0.2, 0.25) is 15.9 Å². The molecule has 4 rings (SSSR count). The highest BCUT2D eigenvalue weighted by molar-refractivity contribution is 7.92. The number of carbonyl (C=O) groups is 2. The first-order valence-electron chi connectivity index (χ1n) is 12.5. The van der Waals surface area contributed by atoms with Crippen LogP contribution in [0.25, 0.3) is 0 Å². The van der Waals surface area contributed by atoms with Crippen molar-refractivity contribution >= 4 is 62.3 Å². The number of carbonyl (C=O) groups excluding carboxylic acids is 2. The molecule has 0 radical (unpaired) electrons. The molecule has 0 atom stereocenters. The third-order valence-electron chi connectivity index (χ3n) is 6.63. The summed E-state index contributed by atoms with van der Waals surface area (Å²) in [7, 11) is -2.21. The normalized spacial score (nSPS) is 14.1. The van der Waals surface area contributed by atoms with Crippen LogP contribution in [0.3, 0.4) is 0 Å². The van der Waals surface area contributed by atoms with E-state index in [0.717, 1.165) is 17.4 Å². The van der Waals surface area contributed by atoms with E-state index in [-0.39, 0.29) is 41.5 Å². The number of nitrogens with zero attached hydrogens (tertiary/aromatic N) is 2. The molecule has 0 aromatic heterocycles. The molecule has 3 aromatic rings. The summed E-state index contributed by atoms with van der Waals surface area (Å²) in [6.07, 6.45) is 1.25. The number of amides is 2. The molecule has 1 heterocycles. The second-order valence-corrected chi connectivity index (χ2v) is 12.7. The summed E-state index contributed by atoms with van der Waals surface area (Å²) < 4.78 is 27.4. The van der Waals surface area contributed by atoms with Gasteiger partial charge in [0.1, 0.15) is 0 Å². The number of nitrogens with one attached hydrogen (secondary N) is 2. The van der Waals surface area contributed by atoms with E-state index in [9.17, 15) is 18.0 Å². The van der Waals surface area contributed by atoms with Crippen LogP contribution in [0, 0.1) is 0 Å². The summed E-state index contributed by atoms with van der Waals surface area (Å²) >= 11 is 18.6. The van der Waals surface area contributed by atoms with Gasteiger partial charge in [0, 0.05) is 53.7 Å². The lowest BCUT2D eigenvalue weighted by Gasteiger charge is -2.48. The first-order valence-corrected chi connectivity index (χ1v) is 15.5. The summed E-state index contributed by atoms with van der Waals surface area (Å²) in [6, 6.07) is 19.1. The minimum atomic E-state index is -3.73. The molecule has 0 spiro atoms. The van der Waals surface area contributed by atoms with E-state index in [4.69, 9.17) is 34.8 Å². The molecule has 3 aromatic carbocycles. The van der Waals surface area contributed by atoms with E-state index in [0.29, 0.717) is 28.8 Å². The molecule has 1 aliphatic heterocycles. The fraction of sp³-hybridized carbons (Fsp3) is 0.286. The van der Waals surface area contributed by atoms with Crippen LogP contribution in [0.4, 0.5) is 5.69 Å². The first kappa shape index (κ1) is 30.1. The van der Waals surface area contributed by atoms with Crippen molar-refractivity contribution in [3.63, 3.8) is 0 Å². The molecule has 1 saturated heterocycles. The van der Waals surface area contributed by atoms with Crippen molar-refractivity contribution in [2.75, 3.05) is 37.2 Å². The maximum atomic E-state index is 13.0. The van der Waals surface area contributed by atoms with E-state index in [1.54, 1.807) is 0 Å². The van der Waals surface area contributed by atoms with E-state index in [2.05, 4.69) is 15.5 Å². The molecular formula is C28H29Cl3N4O4S. The molecule has 1 aliphatic rings. The van der Waals surface area contributed by atoms with Crippen molar-refractivity contribution in [2.45, 2.75) is 18.5 Å². The summed E-state index contributed by atoms with van der Waals surface area (Å²) in [5.41, 5.74) is 2.51. The summed E-state index contributed by atoms with van der Waals surface area (Å²) in [5, 5.41) is 6.62. The number of hydrogen-bond acceptors (Lipinski definition) is 5. The zero-order valence-electron chi connectivity index (χ0n) is 21.9. The SMILES string of the molecule is CNC(=O)CCNC(=O)c1cc(Cl)cc(N(C2CN(C(c3ccc(Cl)cc3)c3ccc(Cl)cc3)C2)S(C)(=O)=O)c1. The Kier molecular flexibility index (Phi) is 9.64. The van der Waals surface area contributed by atoms with Crippen LogP contribution in [0.2, 0.25) is 15.1 Å². The maximum Gasteiger partial charge on any atom is 0.251 e. The topological polar surface area (TPSA) is 98.8 Å². The van der Waals surface area contributed by atoms with Crippen molar-refractivity contribution in [3.8, 4) is 0 Å². The lowest BCUT2D eigenvalue weighted by molar-refractivity contribution is -0.120. The lowest BCUT2D eigenvalue weighted by Crippen LogP contribution is -2.61. The average Bonchev–Trinajstić information content (AvgIpc) is 2.88. The van der Waals surface area contributed by atoms with Gasteiger partial charge in [0.15, 0.2) is 0 Å². The Labute approximate surface area is 249 Å². The number of rotatable bonds is 10. The molecule has 0 bridgehead atoms. The molecule has 1 fully saturated rings. The van der Waals surface area contributed by atoms with Gasteiger partial charge < -0.3 is 10.6 Å². The monoisotopic (exact) mass is 622 g/mol. The molecule has 0 aliphatic carbocycles. The van der Waals surface area contributed by atoms with Crippen LogP contribution in [0.15, 0.2) is 66.7 Å². The Morgan fingerprint density at radius 1 is 0.925 bits per heavy atom. The smallest absolute Gasteiger partial charge is 0.251 e. The molecule has 8 nitrogen and oxygen atoms in total. The third kappa shape index (κ3) is 7.27. The molecule has 2 amide bonds. The van der Waals surface area contributed by atoms with Crippen LogP contribution < -0.4 is 14.9 Å². The number of anilines is 1. The minimum Gasteiger partial charge on any atom is -0.359 e. The summed E-state index contributed by atoms with van der Waals surface area (Å²) in [5.74, 6) is -0.665. The second-order valence-electron chi connectivity index (χ2n) is 9.55. The average molecular weight is 624 g/mol. The molecule has 2 N–H and O–H groups in total. The van der Waals surface area contributed by atoms with Crippen LogP contribution in [0.1, 0.15) is 33.9 Å². The quantitative estimate of drug-likeness (QED) is 0.340. The fourth-order valence-electron chi connectivity index (χ4n) is 4.77. The Bertz CT molecular complexity index is 1430. The second kappa shape index (κ2) is 12.8. The molecule has 212 valence electrons. The zero-order chi connectivity index (χ0) is 29.0. The molecular weight excluding hydrogens is 595 g/mol. The van der Waals surface area contributed by atoms with Crippen molar-refractivity contribution in [1.29, 1.82) is 0 Å². The Hall–Kier alpha value is -2.82. The van der Waals surface area contributed by atoms with Crippen LogP contribution in [0.5, 0.6) is 0 Å². The van der Waals surface area contributed by atoms with Gasteiger partial charge in [0.05, 0.1) is 24.0 Å². The zero-order valence-corrected chi connectivity index (χ0v) is 25.0. The lowest BCUT2D eigenvalue weighted by atomic mass is 9.93. The highest BCUT2D eigenvalue weighted by Gasteiger charge is 2.41. The molecule has 12 heteroatoms. The van der Waals surface area contributed by atoms with Gasteiger partial charge in [-0.3, -0.25) is 18.8 Å². The number of hydrogen-bond donors (Lipinski definition) is 2. The first-order chi connectivity index (χ1) is 19.0. The van der Waals surface area contributed by atoms with E-state index < -0.39 is 15.9 Å². The molecule has 40 heavy (non-hydrogen) atoms. The predicted molar refractivity (Wildman–Crippen MR) is 160 cm³/mol. The number of halogens is 3. The Balaban J connectivity index is 1.58. The van der Waals surface area contributed by atoms with Crippen molar-refractivity contribution in [1.82, 2.24) is 15.5 Å². The van der Waals surface area contributed by atoms with Crippen LogP contribution in [-0.2, 0) is 14.8 Å². The fourth-order valence-corrected chi connectivity index (χ4v) is 6.42. The van der Waals surface area contributed by atoms with Gasteiger partial charge in [-0.15, -0.1) is 0 Å². The van der Waals surface area contributed by atoms with Crippen LogP contribution >= 0.6 is 34.8 Å². The van der Waals surface area contributed by atoms with Crippen LogP contribution in [-0.4, -0.2) is 64.1 Å². The summed E-state index contributed by atoms with van der Waals surface area (Å²) in [6.45, 7) is 0.997. The minimum absolute atomic E-state index is 0.117. The van der Waals surface area contributed by atoms with Gasteiger partial charge in [0.25, 0.3) is 5.91 Å². The highest BCUT2D eigenvalue weighted by atomic mass is 35.5. The van der Waals surface area contributed by atoms with Gasteiger partial charge in [-0.05, 0) is 53.6 Å². The molecule has 0 saturated carbocycles. The number of sulfonamides is 1. The molecule has 0 unspecified atom stereocenters. The van der Waals surface area contributed by atoms with Crippen molar-refractivity contribution in [3.05, 3.63) is 98.5 Å². The summed E-state index contributed by atoms with van der Waals surface area (Å²) in [4.78, 5) is 26.4. The van der Waals surface area contributed by atoms with Gasteiger partial charge in [-0.25, -0.2) is 8.42 Å². The number of benzene rings is 3. The van der Waals surface area contributed by atoms with E-state index >= 15 is 0 Å². The third-order valence-corrected chi connectivity index (χ3v) is 8.58. The Morgan fingerprint density at radius 3 is 1.98 bits per heavy atom. The maximum absolute atomic E-state index is 13.0. The predicted octanol–water partition coefficient (Wildman–Crippen LogP) is 4.75. The Morgan fingerprint density at radius 2 is 1.48 bits per heavy atom. The largest absolute Gasteiger partial charge is 0.359 e. The van der Waals surface area contributed by atoms with E-state index in [1.165, 1.54) is 29.6 Å². The standard InChI is InChI=1S/C28H29Cl3N4O4S/c1-32-26(36)11-12-33-28(37)20-13-23(31)15-24(14-20)35(40(2,38)39)25-16-34(17-25)27(18-3-7-21(29)8-4-18)19-5-9-22(30)10-6-19/h3-10,13-15,25,27H,11-12,16-17H2,1-2H3,(H,32,36)(H,33,37). The number of likely N-dealkylation sites (tertiary alicyclic amines) is 1. The van der Waals surface area contributed by atoms with Crippen molar-refractivity contribution in [2.24, 2.45) is 0 Å². The van der Waals surface area contributed by atoms with Crippen molar-refractivity contribution < 1.29 is 18.0 Å². The van der Waals surface area contributed by atoms with Gasteiger partial charge >= 0.3 is 0 Å². The van der Waals surface area contributed by atoms with Gasteiger partial charge in [-0.2, -0.15) is 0 Å². The van der Waals surface area contributed by atoms with Gasteiger partial charge in [-0.1, -0.05) is 59.1 Å². The van der Waals surface area contributed by atoms with E-state index in [1.807, 2.05) is 48.5 Å². The highest BCUT2D eigenvalue weighted by Crippen LogP contribution is 2.37.